The van der Waals surface area contributed by atoms with Gasteiger partial charge in [-0.25, -0.2) is 4.98 Å². The fraction of sp³-hybridized carbons (Fsp3) is 0.172. The highest BCUT2D eigenvalue weighted by molar-refractivity contribution is 9.10. The lowest BCUT2D eigenvalue weighted by atomic mass is 9.87. The van der Waals surface area contributed by atoms with Crippen LogP contribution in [-0.4, -0.2) is 19.9 Å². The van der Waals surface area contributed by atoms with Crippen molar-refractivity contribution in [3.63, 3.8) is 0 Å². The zero-order chi connectivity index (χ0) is 23.4. The molecule has 2 N–H and O–H groups in total. The molecule has 5 heteroatoms. The number of halogens is 1. The third-order valence-corrected chi connectivity index (χ3v) is 7.45. The maximum atomic E-state index is 5.05. The van der Waals surface area contributed by atoms with E-state index in [9.17, 15) is 0 Å². The van der Waals surface area contributed by atoms with E-state index in [1.54, 1.807) is 0 Å². The Labute approximate surface area is 207 Å². The predicted octanol–water partition coefficient (Wildman–Crippen LogP) is 7.74. The lowest BCUT2D eigenvalue weighted by Crippen LogP contribution is -2.15. The summed E-state index contributed by atoms with van der Waals surface area (Å²) in [5.41, 5.74) is 11.5. The van der Waals surface area contributed by atoms with E-state index in [-0.39, 0.29) is 5.41 Å². The normalized spacial score (nSPS) is 14.5. The van der Waals surface area contributed by atoms with Gasteiger partial charge in [0.15, 0.2) is 0 Å². The van der Waals surface area contributed by atoms with E-state index in [0.717, 1.165) is 66.9 Å². The minimum Gasteiger partial charge on any atom is -0.355 e. The van der Waals surface area contributed by atoms with Gasteiger partial charge in [0.1, 0.15) is 0 Å². The molecular weight excluding hydrogens is 484 g/mol. The Balaban J connectivity index is 1.73. The van der Waals surface area contributed by atoms with Crippen LogP contribution in [0, 0.1) is 6.92 Å². The highest BCUT2D eigenvalue weighted by Gasteiger charge is 2.30. The summed E-state index contributed by atoms with van der Waals surface area (Å²) in [7, 11) is 0. The van der Waals surface area contributed by atoms with Crippen LogP contribution in [0.2, 0.25) is 0 Å². The highest BCUT2D eigenvalue weighted by atomic mass is 79.9. The number of hydrogen-bond donors (Lipinski definition) is 2. The van der Waals surface area contributed by atoms with Gasteiger partial charge in [-0.3, -0.25) is 4.98 Å². The Morgan fingerprint density at radius 3 is 2.26 bits per heavy atom. The molecule has 1 aromatic carbocycles. The standard InChI is InChI=1S/C29H25BrN4/c1-17-4-6-18(7-5-17)27-22-11-10-20(32-22)14-19-8-9-21(31-19)15-26-29(2,3)16-25(34-26)28(30)24-13-12-23(27)33-24/h4-15,31-32H,16H2,1-3H3. The largest absolute Gasteiger partial charge is 0.355 e. The third-order valence-electron chi connectivity index (χ3n) is 6.59. The van der Waals surface area contributed by atoms with Crippen molar-refractivity contribution < 1.29 is 0 Å². The molecule has 4 aromatic rings. The van der Waals surface area contributed by atoms with Crippen molar-refractivity contribution in [2.75, 3.05) is 0 Å². The van der Waals surface area contributed by atoms with Gasteiger partial charge in [0.25, 0.3) is 0 Å². The number of hydrogen-bond acceptors (Lipinski definition) is 2. The van der Waals surface area contributed by atoms with E-state index < -0.39 is 0 Å². The first-order valence-electron chi connectivity index (χ1n) is 11.5. The Bertz CT molecular complexity index is 1620. The van der Waals surface area contributed by atoms with E-state index >= 15 is 0 Å². The predicted molar refractivity (Wildman–Crippen MR) is 145 cm³/mol. The van der Waals surface area contributed by atoms with Crippen molar-refractivity contribution >= 4 is 50.1 Å². The molecule has 0 fully saturated rings. The summed E-state index contributed by atoms with van der Waals surface area (Å²) < 4.78 is 0.957. The van der Waals surface area contributed by atoms with Gasteiger partial charge in [0.2, 0.25) is 0 Å². The molecule has 0 unspecified atom stereocenters. The zero-order valence-electron chi connectivity index (χ0n) is 19.4. The summed E-state index contributed by atoms with van der Waals surface area (Å²) in [5, 5.41) is 0. The molecule has 8 bridgehead atoms. The molecule has 0 amide bonds. The van der Waals surface area contributed by atoms with Crippen LogP contribution in [0.4, 0.5) is 0 Å². The minimum atomic E-state index is -0.0557. The van der Waals surface area contributed by atoms with Crippen molar-refractivity contribution in [1.82, 2.24) is 19.9 Å². The van der Waals surface area contributed by atoms with E-state index in [1.165, 1.54) is 5.56 Å². The van der Waals surface area contributed by atoms with Gasteiger partial charge < -0.3 is 9.97 Å². The number of aryl methyl sites for hydroxylation is 1. The Morgan fingerprint density at radius 1 is 0.794 bits per heavy atom. The van der Waals surface area contributed by atoms with Gasteiger partial charge in [-0.05, 0) is 77.0 Å². The van der Waals surface area contributed by atoms with Crippen molar-refractivity contribution in [2.45, 2.75) is 32.6 Å². The van der Waals surface area contributed by atoms with Gasteiger partial charge in [-0.1, -0.05) is 43.7 Å². The summed E-state index contributed by atoms with van der Waals surface area (Å²) in [4.78, 5) is 17.2. The van der Waals surface area contributed by atoms with Crippen molar-refractivity contribution in [2.24, 2.45) is 0 Å². The van der Waals surface area contributed by atoms with E-state index in [0.29, 0.717) is 0 Å². The fourth-order valence-corrected chi connectivity index (χ4v) is 5.14. The summed E-state index contributed by atoms with van der Waals surface area (Å²) >= 11 is 3.83. The molecule has 0 saturated carbocycles. The van der Waals surface area contributed by atoms with Crippen LogP contribution >= 0.6 is 15.9 Å². The number of nitrogens with one attached hydrogen (secondary N) is 2. The quantitative estimate of drug-likeness (QED) is 0.243. The molecule has 2 aliphatic heterocycles. The van der Waals surface area contributed by atoms with Crippen LogP contribution in [0.15, 0.2) is 65.1 Å². The molecule has 0 spiro atoms. The second kappa shape index (κ2) is 7.81. The van der Waals surface area contributed by atoms with Gasteiger partial charge in [-0.15, -0.1) is 0 Å². The summed E-state index contributed by atoms with van der Waals surface area (Å²) in [6.07, 6.45) is 5.04. The molecule has 0 atom stereocenters. The van der Waals surface area contributed by atoms with Gasteiger partial charge in [-0.2, -0.15) is 0 Å². The molecule has 34 heavy (non-hydrogen) atoms. The Kier molecular flexibility index (Phi) is 4.85. The molecule has 5 heterocycles. The topological polar surface area (TPSA) is 57.4 Å². The second-order valence-corrected chi connectivity index (χ2v) is 10.6. The summed E-state index contributed by atoms with van der Waals surface area (Å²) in [6, 6.07) is 21.4. The van der Waals surface area contributed by atoms with Gasteiger partial charge in [0, 0.05) is 45.2 Å². The molecule has 0 saturated heterocycles. The average molecular weight is 509 g/mol. The summed E-state index contributed by atoms with van der Waals surface area (Å²) in [6.45, 7) is 6.59. The third kappa shape index (κ3) is 3.70. The molecule has 0 aliphatic carbocycles. The first-order valence-corrected chi connectivity index (χ1v) is 12.3. The Hall–Kier alpha value is -3.44. The SMILES string of the molecule is Cc1ccc(-c2c3nc(c(Br)c4nc(cc5ccc(cc6ccc2[nH]6)[nH]5)C(C)(C)C4)C=C3)cc1. The molecule has 3 aromatic heterocycles. The van der Waals surface area contributed by atoms with Gasteiger partial charge in [0.05, 0.1) is 21.6 Å². The van der Waals surface area contributed by atoms with Crippen LogP contribution in [0.25, 0.3) is 45.3 Å². The van der Waals surface area contributed by atoms with Crippen LogP contribution in [0.3, 0.4) is 0 Å². The van der Waals surface area contributed by atoms with Crippen molar-refractivity contribution in [3.05, 3.63) is 93.5 Å². The number of H-pyrrole nitrogens is 2. The molecule has 4 nitrogen and oxygen atoms in total. The van der Waals surface area contributed by atoms with E-state index in [1.807, 2.05) is 0 Å². The van der Waals surface area contributed by atoms with Crippen molar-refractivity contribution in [3.8, 4) is 11.1 Å². The number of rotatable bonds is 1. The smallest absolute Gasteiger partial charge is 0.0798 e. The summed E-state index contributed by atoms with van der Waals surface area (Å²) in [5.74, 6) is 0. The number of nitrogens with zero attached hydrogens (tertiary/aromatic N) is 2. The fourth-order valence-electron chi connectivity index (χ4n) is 4.69. The van der Waals surface area contributed by atoms with Crippen LogP contribution in [0.5, 0.6) is 0 Å². The first kappa shape index (κ1) is 21.1. The molecule has 2 aliphatic rings. The lowest BCUT2D eigenvalue weighted by molar-refractivity contribution is 0.543. The molecule has 168 valence electrons. The zero-order valence-corrected chi connectivity index (χ0v) is 21.0. The maximum absolute atomic E-state index is 5.05. The van der Waals surface area contributed by atoms with Gasteiger partial charge >= 0.3 is 0 Å². The maximum Gasteiger partial charge on any atom is 0.0798 e. The van der Waals surface area contributed by atoms with E-state index in [2.05, 4.69) is 119 Å². The molecule has 0 radical (unpaired) electrons. The lowest BCUT2D eigenvalue weighted by Gasteiger charge is -2.15. The van der Waals surface area contributed by atoms with Crippen LogP contribution in [-0.2, 0) is 11.8 Å². The van der Waals surface area contributed by atoms with Crippen molar-refractivity contribution in [1.29, 1.82) is 0 Å². The van der Waals surface area contributed by atoms with E-state index in [4.69, 9.17) is 9.97 Å². The Morgan fingerprint density at radius 2 is 1.47 bits per heavy atom. The second-order valence-electron chi connectivity index (χ2n) is 9.76. The number of fused-ring (bicyclic) bond motifs is 8. The van der Waals surface area contributed by atoms with Crippen LogP contribution < -0.4 is 0 Å². The number of benzene rings is 1. The first-order chi connectivity index (χ1) is 16.4. The van der Waals surface area contributed by atoms with Crippen LogP contribution in [0.1, 0.15) is 42.2 Å². The minimum absolute atomic E-state index is 0.0557. The number of aromatic nitrogens is 4. The monoisotopic (exact) mass is 508 g/mol. The molecular formula is C29H25BrN4. The highest BCUT2D eigenvalue weighted by Crippen LogP contribution is 2.36. The average Bonchev–Trinajstić information content (AvgIpc) is 3.59. The number of aromatic amines is 2. The molecule has 6 rings (SSSR count).